The minimum Gasteiger partial charge on any atom is -0.348 e. The average molecular weight is 250 g/mol. The monoisotopic (exact) mass is 250 g/mol. The molecule has 0 aliphatic carbocycles. The minimum absolute atomic E-state index is 0.0469. The summed E-state index contributed by atoms with van der Waals surface area (Å²) < 4.78 is 0. The molecule has 1 aliphatic rings. The predicted molar refractivity (Wildman–Crippen MR) is 71.7 cm³/mol. The molecule has 0 unspecified atom stereocenters. The molecule has 0 bridgehead atoms. The van der Waals surface area contributed by atoms with Crippen LogP contribution >= 0.6 is 11.3 Å². The van der Waals surface area contributed by atoms with Gasteiger partial charge in [-0.25, -0.2) is 0 Å². The van der Waals surface area contributed by atoms with Crippen LogP contribution in [0.1, 0.15) is 26.5 Å². The summed E-state index contributed by atoms with van der Waals surface area (Å²) >= 11 is 1.57. The van der Waals surface area contributed by atoms with E-state index in [0.717, 1.165) is 24.4 Å². The Balaban J connectivity index is 1.91. The lowest BCUT2D eigenvalue weighted by Gasteiger charge is -2.14. The van der Waals surface area contributed by atoms with E-state index < -0.39 is 0 Å². The van der Waals surface area contributed by atoms with Crippen molar-refractivity contribution >= 4 is 17.2 Å². The number of nitrogens with one attached hydrogen (secondary N) is 2. The zero-order valence-corrected chi connectivity index (χ0v) is 11.1. The molecule has 4 heteroatoms. The zero-order chi connectivity index (χ0) is 12.3. The van der Waals surface area contributed by atoms with Gasteiger partial charge in [0.15, 0.2) is 0 Å². The third-order valence-corrected chi connectivity index (χ3v) is 4.18. The SMILES string of the molecule is Cc1cc(C(=O)NCC2=CCNCC2)sc1C. The van der Waals surface area contributed by atoms with Crippen molar-refractivity contribution in [3.05, 3.63) is 33.0 Å². The van der Waals surface area contributed by atoms with Gasteiger partial charge in [-0.15, -0.1) is 11.3 Å². The summed E-state index contributed by atoms with van der Waals surface area (Å²) in [5.74, 6) is 0.0469. The van der Waals surface area contributed by atoms with Gasteiger partial charge in [0.1, 0.15) is 0 Å². The molecule has 0 aromatic carbocycles. The lowest BCUT2D eigenvalue weighted by Crippen LogP contribution is -2.29. The van der Waals surface area contributed by atoms with Crippen LogP contribution in [0.4, 0.5) is 0 Å². The summed E-state index contributed by atoms with van der Waals surface area (Å²) in [6, 6.07) is 1.96. The van der Waals surface area contributed by atoms with Crippen molar-refractivity contribution in [1.29, 1.82) is 0 Å². The Hall–Kier alpha value is -1.13. The van der Waals surface area contributed by atoms with Gasteiger partial charge < -0.3 is 10.6 Å². The van der Waals surface area contributed by atoms with Crippen LogP contribution in [0.3, 0.4) is 0 Å². The first-order chi connectivity index (χ1) is 8.16. The van der Waals surface area contributed by atoms with Gasteiger partial charge in [0.05, 0.1) is 4.88 Å². The van der Waals surface area contributed by atoms with Gasteiger partial charge in [0, 0.05) is 18.0 Å². The normalized spacial score (nSPS) is 15.5. The van der Waals surface area contributed by atoms with Crippen LogP contribution in [0.5, 0.6) is 0 Å². The van der Waals surface area contributed by atoms with Crippen LogP contribution in [0, 0.1) is 13.8 Å². The van der Waals surface area contributed by atoms with E-state index in [1.54, 1.807) is 11.3 Å². The fraction of sp³-hybridized carbons (Fsp3) is 0.462. The van der Waals surface area contributed by atoms with Crippen molar-refractivity contribution in [3.8, 4) is 0 Å². The highest BCUT2D eigenvalue weighted by Gasteiger charge is 2.11. The van der Waals surface area contributed by atoms with Gasteiger partial charge >= 0.3 is 0 Å². The van der Waals surface area contributed by atoms with E-state index in [1.807, 2.05) is 19.9 Å². The fourth-order valence-electron chi connectivity index (χ4n) is 1.80. The van der Waals surface area contributed by atoms with Crippen molar-refractivity contribution in [3.63, 3.8) is 0 Å². The first-order valence-corrected chi connectivity index (χ1v) is 6.72. The standard InChI is InChI=1S/C13H18N2OS/c1-9-7-12(17-10(9)2)13(16)15-8-11-3-5-14-6-4-11/h3,7,14H,4-6,8H2,1-2H3,(H,15,16). The number of hydrogen-bond donors (Lipinski definition) is 2. The van der Waals surface area contributed by atoms with Crippen LogP contribution in [0.25, 0.3) is 0 Å². The second-order valence-electron chi connectivity index (χ2n) is 4.35. The molecule has 17 heavy (non-hydrogen) atoms. The highest BCUT2D eigenvalue weighted by atomic mass is 32.1. The number of carbonyl (C=O) groups is 1. The maximum absolute atomic E-state index is 11.9. The minimum atomic E-state index is 0.0469. The third-order valence-electron chi connectivity index (χ3n) is 3.02. The second-order valence-corrected chi connectivity index (χ2v) is 5.61. The molecule has 1 aliphatic heterocycles. The summed E-state index contributed by atoms with van der Waals surface area (Å²) in [6.45, 7) is 6.70. The highest BCUT2D eigenvalue weighted by molar-refractivity contribution is 7.14. The maximum atomic E-state index is 11.9. The van der Waals surface area contributed by atoms with E-state index >= 15 is 0 Å². The summed E-state index contributed by atoms with van der Waals surface area (Å²) in [5.41, 5.74) is 2.52. The molecular weight excluding hydrogens is 232 g/mol. The molecule has 0 spiro atoms. The molecule has 0 saturated heterocycles. The molecule has 0 atom stereocenters. The molecule has 92 valence electrons. The predicted octanol–water partition coefficient (Wildman–Crippen LogP) is 2.01. The number of rotatable bonds is 3. The quantitative estimate of drug-likeness (QED) is 0.806. The lowest BCUT2D eigenvalue weighted by atomic mass is 10.1. The number of amides is 1. The van der Waals surface area contributed by atoms with Crippen molar-refractivity contribution in [2.24, 2.45) is 0 Å². The Labute approximate surface area is 106 Å². The summed E-state index contributed by atoms with van der Waals surface area (Å²) in [6.07, 6.45) is 3.19. The number of hydrogen-bond acceptors (Lipinski definition) is 3. The molecule has 1 aromatic heterocycles. The van der Waals surface area contributed by atoms with E-state index in [4.69, 9.17) is 0 Å². The second kappa shape index (κ2) is 5.47. The van der Waals surface area contributed by atoms with Crippen LogP contribution in [-0.2, 0) is 0 Å². The number of aryl methyl sites for hydroxylation is 2. The molecule has 3 nitrogen and oxygen atoms in total. The molecule has 0 fully saturated rings. The van der Waals surface area contributed by atoms with Gasteiger partial charge in [-0.2, -0.15) is 0 Å². The molecule has 2 N–H and O–H groups in total. The first-order valence-electron chi connectivity index (χ1n) is 5.90. The fourth-order valence-corrected chi connectivity index (χ4v) is 2.75. The van der Waals surface area contributed by atoms with Crippen LogP contribution in [-0.4, -0.2) is 25.5 Å². The van der Waals surface area contributed by atoms with Crippen LogP contribution in [0.15, 0.2) is 17.7 Å². The van der Waals surface area contributed by atoms with Crippen molar-refractivity contribution in [2.45, 2.75) is 20.3 Å². The van der Waals surface area contributed by atoms with Crippen molar-refractivity contribution in [1.82, 2.24) is 10.6 Å². The third kappa shape index (κ3) is 3.17. The molecule has 2 heterocycles. The van der Waals surface area contributed by atoms with Gasteiger partial charge in [-0.3, -0.25) is 4.79 Å². The molecule has 0 radical (unpaired) electrons. The highest BCUT2D eigenvalue weighted by Crippen LogP contribution is 2.20. The van der Waals surface area contributed by atoms with Crippen LogP contribution in [0.2, 0.25) is 0 Å². The molecule has 1 amide bonds. The molecule has 2 rings (SSSR count). The van der Waals surface area contributed by atoms with Gasteiger partial charge in [0.2, 0.25) is 0 Å². The van der Waals surface area contributed by atoms with Crippen molar-refractivity contribution < 1.29 is 4.79 Å². The Morgan fingerprint density at radius 1 is 1.53 bits per heavy atom. The lowest BCUT2D eigenvalue weighted by molar-refractivity contribution is 0.0960. The van der Waals surface area contributed by atoms with E-state index in [9.17, 15) is 4.79 Å². The van der Waals surface area contributed by atoms with E-state index in [1.165, 1.54) is 16.0 Å². The Morgan fingerprint density at radius 2 is 2.35 bits per heavy atom. The molecule has 1 aromatic rings. The van der Waals surface area contributed by atoms with E-state index in [2.05, 4.69) is 16.7 Å². The smallest absolute Gasteiger partial charge is 0.261 e. The Morgan fingerprint density at radius 3 is 2.94 bits per heavy atom. The number of carbonyl (C=O) groups excluding carboxylic acids is 1. The molecular formula is C13H18N2OS. The van der Waals surface area contributed by atoms with Gasteiger partial charge in [0.25, 0.3) is 5.91 Å². The number of thiophene rings is 1. The average Bonchev–Trinajstić information content (AvgIpc) is 2.68. The summed E-state index contributed by atoms with van der Waals surface area (Å²) in [4.78, 5) is 13.9. The Bertz CT molecular complexity index is 429. The largest absolute Gasteiger partial charge is 0.348 e. The molecule has 0 saturated carbocycles. The Kier molecular flexibility index (Phi) is 3.97. The van der Waals surface area contributed by atoms with Gasteiger partial charge in [-0.05, 0) is 38.4 Å². The first kappa shape index (κ1) is 12.3. The zero-order valence-electron chi connectivity index (χ0n) is 10.3. The topological polar surface area (TPSA) is 41.1 Å². The van der Waals surface area contributed by atoms with Crippen LogP contribution < -0.4 is 10.6 Å². The van der Waals surface area contributed by atoms with Gasteiger partial charge in [-0.1, -0.05) is 11.6 Å². The van der Waals surface area contributed by atoms with E-state index in [-0.39, 0.29) is 5.91 Å². The maximum Gasteiger partial charge on any atom is 0.261 e. The van der Waals surface area contributed by atoms with Crippen molar-refractivity contribution in [2.75, 3.05) is 19.6 Å². The summed E-state index contributed by atoms with van der Waals surface area (Å²) in [7, 11) is 0. The summed E-state index contributed by atoms with van der Waals surface area (Å²) in [5, 5.41) is 6.24. The van der Waals surface area contributed by atoms with E-state index in [0.29, 0.717) is 6.54 Å².